The predicted octanol–water partition coefficient (Wildman–Crippen LogP) is 8.53. The highest BCUT2D eigenvalue weighted by Crippen LogP contribution is 2.43. The molecule has 0 saturated carbocycles. The zero-order chi connectivity index (χ0) is 26.2. The number of hydrogen-bond acceptors (Lipinski definition) is 2. The third kappa shape index (κ3) is 6.54. The first kappa shape index (κ1) is 28.6. The molecule has 11 heteroatoms. The van der Waals surface area contributed by atoms with Gasteiger partial charge in [0.05, 0.1) is 20.5 Å². The summed E-state index contributed by atoms with van der Waals surface area (Å²) in [4.78, 5) is 0.216. The van der Waals surface area contributed by atoms with E-state index in [2.05, 4.69) is 21.2 Å². The lowest BCUT2D eigenvalue weighted by molar-refractivity contribution is -0.143. The lowest BCUT2D eigenvalue weighted by Crippen LogP contribution is -2.17. The maximum atomic E-state index is 13.4. The molecule has 0 aliphatic carbocycles. The van der Waals surface area contributed by atoms with Gasteiger partial charge in [-0.1, -0.05) is 46.8 Å². The Bertz CT molecular complexity index is 1070. The minimum absolute atomic E-state index is 0.0622. The third-order valence-electron chi connectivity index (χ3n) is 5.47. The highest BCUT2D eigenvalue weighted by atomic mass is 79.9. The molecule has 0 aromatic heterocycles. The third-order valence-corrected chi connectivity index (χ3v) is 7.14. The molecule has 0 bridgehead atoms. The molecule has 2 N–H and O–H groups in total. The number of hydrogen-bond donors (Lipinski definition) is 2. The second kappa shape index (κ2) is 10.6. The summed E-state index contributed by atoms with van der Waals surface area (Å²) in [5, 5.41) is 2.67. The van der Waals surface area contributed by atoms with Gasteiger partial charge in [-0.25, -0.2) is 4.21 Å². The average Bonchev–Trinajstić information content (AvgIpc) is 2.69. The van der Waals surface area contributed by atoms with Gasteiger partial charge in [-0.05, 0) is 62.5 Å². The molecule has 0 heterocycles. The Labute approximate surface area is 205 Å². The van der Waals surface area contributed by atoms with Gasteiger partial charge >= 0.3 is 12.4 Å². The number of benzene rings is 2. The summed E-state index contributed by atoms with van der Waals surface area (Å²) in [5.74, 6) is -0.474. The van der Waals surface area contributed by atoms with Gasteiger partial charge in [0.1, 0.15) is 0 Å². The molecule has 3 nitrogen and oxygen atoms in total. The first-order chi connectivity index (χ1) is 15.4. The molecule has 34 heavy (non-hydrogen) atoms. The molecule has 0 radical (unpaired) electrons. The molecule has 0 amide bonds. The second-order valence-corrected chi connectivity index (χ2v) is 10.4. The van der Waals surface area contributed by atoms with E-state index in [1.807, 2.05) is 33.8 Å². The molecule has 0 aliphatic rings. The quantitative estimate of drug-likeness (QED) is 0.258. The Morgan fingerprint density at radius 1 is 0.912 bits per heavy atom. The van der Waals surface area contributed by atoms with Crippen LogP contribution in [0.25, 0.3) is 0 Å². The molecule has 2 atom stereocenters. The number of halogens is 7. The number of nitrogens with one attached hydrogen (secondary N) is 1. The van der Waals surface area contributed by atoms with Crippen LogP contribution in [0.3, 0.4) is 0 Å². The summed E-state index contributed by atoms with van der Waals surface area (Å²) in [6.07, 6.45) is -9.97. The Hall–Kier alpha value is -1.59. The predicted molar refractivity (Wildman–Crippen MR) is 125 cm³/mol. The fraction of sp³-hybridized carbons (Fsp3) is 0.478. The van der Waals surface area contributed by atoms with Crippen molar-refractivity contribution in [3.05, 3.63) is 56.6 Å². The van der Waals surface area contributed by atoms with Gasteiger partial charge in [0.25, 0.3) is 0 Å². The fourth-order valence-electron chi connectivity index (χ4n) is 3.52. The van der Waals surface area contributed by atoms with Crippen molar-refractivity contribution < 1.29 is 35.1 Å². The van der Waals surface area contributed by atoms with E-state index in [0.29, 0.717) is 17.2 Å². The molecule has 190 valence electrons. The molecule has 2 unspecified atom stereocenters. The highest BCUT2D eigenvalue weighted by Gasteiger charge is 2.39. The Morgan fingerprint density at radius 2 is 1.47 bits per heavy atom. The zero-order valence-electron chi connectivity index (χ0n) is 19.2. The SMILES string of the molecule is CC(C)c1cc(C(C)C)c(S(=O)O)c(C(C)CNc2cc(C(F)(F)F)cc(C(F)(F)F)c2Br)c1. The Kier molecular flexibility index (Phi) is 8.91. The van der Waals surface area contributed by atoms with Crippen LogP contribution in [0.2, 0.25) is 0 Å². The molecule has 2 aromatic carbocycles. The molecule has 0 aliphatic heterocycles. The van der Waals surface area contributed by atoms with Crippen LogP contribution >= 0.6 is 15.9 Å². The summed E-state index contributed by atoms with van der Waals surface area (Å²) in [6, 6.07) is 4.31. The van der Waals surface area contributed by atoms with Gasteiger partial charge in [-0.15, -0.1) is 0 Å². The molecular weight excluding hydrogens is 548 g/mol. The summed E-state index contributed by atoms with van der Waals surface area (Å²) < 4.78 is 101. The average molecular weight is 574 g/mol. The Morgan fingerprint density at radius 3 is 1.91 bits per heavy atom. The van der Waals surface area contributed by atoms with Crippen LogP contribution in [0.15, 0.2) is 33.6 Å². The van der Waals surface area contributed by atoms with Crippen LogP contribution in [0, 0.1) is 0 Å². The fourth-order valence-corrected chi connectivity index (χ4v) is 5.08. The van der Waals surface area contributed by atoms with Crippen LogP contribution in [-0.2, 0) is 23.4 Å². The summed E-state index contributed by atoms with van der Waals surface area (Å²) in [6.45, 7) is 9.29. The van der Waals surface area contributed by atoms with Crippen LogP contribution < -0.4 is 5.32 Å². The first-order valence-corrected chi connectivity index (χ1v) is 12.3. The summed E-state index contributed by atoms with van der Waals surface area (Å²) in [5.41, 5.74) is -1.14. The van der Waals surface area contributed by atoms with E-state index in [1.165, 1.54) is 0 Å². The monoisotopic (exact) mass is 573 g/mol. The van der Waals surface area contributed by atoms with Crippen LogP contribution in [0.4, 0.5) is 32.0 Å². The van der Waals surface area contributed by atoms with E-state index in [1.54, 1.807) is 13.0 Å². The van der Waals surface area contributed by atoms with Gasteiger partial charge in [0.2, 0.25) is 0 Å². The van der Waals surface area contributed by atoms with Gasteiger partial charge in [0.15, 0.2) is 11.1 Å². The highest BCUT2D eigenvalue weighted by molar-refractivity contribution is 9.10. The summed E-state index contributed by atoms with van der Waals surface area (Å²) in [7, 11) is 0. The van der Waals surface area contributed by atoms with Crippen LogP contribution in [0.5, 0.6) is 0 Å². The van der Waals surface area contributed by atoms with Gasteiger partial charge < -0.3 is 9.87 Å². The molecule has 0 fully saturated rings. The van der Waals surface area contributed by atoms with E-state index in [0.717, 1.165) is 5.56 Å². The van der Waals surface area contributed by atoms with Crippen molar-refractivity contribution >= 4 is 32.7 Å². The number of alkyl halides is 6. The van der Waals surface area contributed by atoms with Crippen molar-refractivity contribution in [3.8, 4) is 0 Å². The number of anilines is 1. The van der Waals surface area contributed by atoms with Crippen molar-refractivity contribution in [1.82, 2.24) is 0 Å². The van der Waals surface area contributed by atoms with Gasteiger partial charge in [-0.2, -0.15) is 26.3 Å². The summed E-state index contributed by atoms with van der Waals surface area (Å²) >= 11 is 0.452. The number of rotatable bonds is 7. The maximum Gasteiger partial charge on any atom is 0.417 e. The van der Waals surface area contributed by atoms with E-state index in [-0.39, 0.29) is 35.0 Å². The van der Waals surface area contributed by atoms with Crippen molar-refractivity contribution in [2.24, 2.45) is 0 Å². The Balaban J connectivity index is 2.54. The van der Waals surface area contributed by atoms with Crippen molar-refractivity contribution in [2.75, 3.05) is 11.9 Å². The largest absolute Gasteiger partial charge is 0.417 e. The normalized spacial score (nSPS) is 14.6. The minimum Gasteiger partial charge on any atom is -0.384 e. The molecule has 0 spiro atoms. The lowest BCUT2D eigenvalue weighted by Gasteiger charge is -2.24. The van der Waals surface area contributed by atoms with E-state index >= 15 is 0 Å². The smallest absolute Gasteiger partial charge is 0.384 e. The van der Waals surface area contributed by atoms with Gasteiger partial charge in [0, 0.05) is 12.2 Å². The van der Waals surface area contributed by atoms with E-state index in [4.69, 9.17) is 0 Å². The van der Waals surface area contributed by atoms with E-state index in [9.17, 15) is 35.1 Å². The standard InChI is InChI=1S/C23H26BrF6NO2S/c1-11(2)14-6-16(12(3)4)21(34(32)33)17(7-14)13(5)10-31-19-9-15(22(25,26)27)8-18(20(19)24)23(28,29)30/h6-9,11-13,31H,10H2,1-5H3,(H,32,33). The van der Waals surface area contributed by atoms with Crippen molar-refractivity contribution in [1.29, 1.82) is 0 Å². The lowest BCUT2D eigenvalue weighted by atomic mass is 9.89. The van der Waals surface area contributed by atoms with Crippen LogP contribution in [0.1, 0.15) is 80.2 Å². The van der Waals surface area contributed by atoms with Crippen LogP contribution in [-0.4, -0.2) is 15.3 Å². The van der Waals surface area contributed by atoms with Gasteiger partial charge in [-0.3, -0.25) is 0 Å². The van der Waals surface area contributed by atoms with Crippen molar-refractivity contribution in [3.63, 3.8) is 0 Å². The minimum atomic E-state index is -5.00. The van der Waals surface area contributed by atoms with Crippen molar-refractivity contribution in [2.45, 2.75) is 69.6 Å². The first-order valence-electron chi connectivity index (χ1n) is 10.5. The second-order valence-electron chi connectivity index (χ2n) is 8.75. The molecule has 0 saturated heterocycles. The maximum absolute atomic E-state index is 13.4. The molecular formula is C23H26BrF6NO2S. The topological polar surface area (TPSA) is 49.3 Å². The van der Waals surface area contributed by atoms with E-state index < -0.39 is 45.0 Å². The molecule has 2 aromatic rings. The molecule has 2 rings (SSSR count). The zero-order valence-corrected chi connectivity index (χ0v) is 21.6.